The lowest BCUT2D eigenvalue weighted by Crippen LogP contribution is -2.33. The monoisotopic (exact) mass is 361 g/mol. The zero-order valence-electron chi connectivity index (χ0n) is 15.1. The lowest BCUT2D eigenvalue weighted by Gasteiger charge is -2.16. The molecule has 1 unspecified atom stereocenters. The fraction of sp³-hybridized carbons (Fsp3) is 0.632. The number of nitrogens with one attached hydrogen (secondary N) is 1. The van der Waals surface area contributed by atoms with E-state index in [1.54, 1.807) is 16.3 Å². The van der Waals surface area contributed by atoms with Crippen LogP contribution in [0.4, 0.5) is 0 Å². The third-order valence-corrected chi connectivity index (χ3v) is 6.18. The van der Waals surface area contributed by atoms with Crippen molar-refractivity contribution in [3.05, 3.63) is 33.3 Å². The molecule has 1 atom stereocenters. The Balaban J connectivity index is 1.59. The fourth-order valence-electron chi connectivity index (χ4n) is 3.66. The van der Waals surface area contributed by atoms with Crippen molar-refractivity contribution < 1.29 is 4.79 Å². The Morgan fingerprint density at radius 1 is 1.44 bits per heavy atom. The summed E-state index contributed by atoms with van der Waals surface area (Å²) in [5, 5.41) is 3.78. The van der Waals surface area contributed by atoms with Gasteiger partial charge in [-0.1, -0.05) is 30.3 Å². The van der Waals surface area contributed by atoms with Crippen LogP contribution in [0.15, 0.2) is 21.6 Å². The zero-order valence-corrected chi connectivity index (χ0v) is 16.0. The Morgan fingerprint density at radius 3 is 3.00 bits per heavy atom. The molecular weight excluding hydrogens is 334 g/mol. The topological polar surface area (TPSA) is 64.0 Å². The minimum Gasteiger partial charge on any atom is -0.356 e. The van der Waals surface area contributed by atoms with Crippen LogP contribution in [0.3, 0.4) is 0 Å². The molecule has 3 rings (SSSR count). The van der Waals surface area contributed by atoms with Crippen LogP contribution in [0.25, 0.3) is 0 Å². The quantitative estimate of drug-likeness (QED) is 0.624. The van der Waals surface area contributed by atoms with Gasteiger partial charge in [0, 0.05) is 30.0 Å². The van der Waals surface area contributed by atoms with Crippen molar-refractivity contribution >= 4 is 17.7 Å². The maximum absolute atomic E-state index is 12.7. The van der Waals surface area contributed by atoms with Gasteiger partial charge < -0.3 is 5.32 Å². The van der Waals surface area contributed by atoms with E-state index < -0.39 is 0 Å². The predicted octanol–water partition coefficient (Wildman–Crippen LogP) is 3.16. The SMILES string of the molecule is CCc1c(C)nc2n(c1=O)C(CC(=O)NCCC1=CCCCC1)CS2. The Labute approximate surface area is 153 Å². The molecule has 2 aliphatic rings. The highest BCUT2D eigenvalue weighted by molar-refractivity contribution is 7.99. The van der Waals surface area contributed by atoms with Gasteiger partial charge in [-0.2, -0.15) is 0 Å². The minimum absolute atomic E-state index is 0.0279. The molecule has 0 bridgehead atoms. The van der Waals surface area contributed by atoms with Crippen LogP contribution in [-0.4, -0.2) is 27.8 Å². The van der Waals surface area contributed by atoms with Gasteiger partial charge in [-0.05, 0) is 45.4 Å². The minimum atomic E-state index is -0.0835. The molecule has 1 aliphatic carbocycles. The lowest BCUT2D eigenvalue weighted by molar-refractivity contribution is -0.121. The van der Waals surface area contributed by atoms with E-state index in [1.807, 2.05) is 13.8 Å². The smallest absolute Gasteiger partial charge is 0.257 e. The van der Waals surface area contributed by atoms with Gasteiger partial charge in [-0.25, -0.2) is 4.98 Å². The number of rotatable bonds is 6. The van der Waals surface area contributed by atoms with Gasteiger partial charge in [-0.3, -0.25) is 14.2 Å². The summed E-state index contributed by atoms with van der Waals surface area (Å²) in [6.45, 7) is 4.56. The first-order valence-corrected chi connectivity index (χ1v) is 10.3. The number of hydrogen-bond acceptors (Lipinski definition) is 4. The summed E-state index contributed by atoms with van der Waals surface area (Å²) in [6.07, 6.45) is 9.20. The Morgan fingerprint density at radius 2 is 2.28 bits per heavy atom. The molecule has 6 heteroatoms. The Hall–Kier alpha value is -1.56. The molecule has 0 spiro atoms. The summed E-state index contributed by atoms with van der Waals surface area (Å²) in [4.78, 5) is 29.6. The number of hydrogen-bond donors (Lipinski definition) is 1. The van der Waals surface area contributed by atoms with E-state index in [4.69, 9.17) is 0 Å². The number of allylic oxidation sites excluding steroid dienone is 1. The first kappa shape index (κ1) is 18.2. The van der Waals surface area contributed by atoms with Crippen LogP contribution in [-0.2, 0) is 11.2 Å². The highest BCUT2D eigenvalue weighted by Crippen LogP contribution is 2.32. The van der Waals surface area contributed by atoms with Crippen molar-refractivity contribution in [1.29, 1.82) is 0 Å². The van der Waals surface area contributed by atoms with Crippen LogP contribution in [0.5, 0.6) is 0 Å². The van der Waals surface area contributed by atoms with Crippen molar-refractivity contribution in [2.45, 2.75) is 70.0 Å². The molecule has 0 fully saturated rings. The van der Waals surface area contributed by atoms with Crippen molar-refractivity contribution in [2.24, 2.45) is 0 Å². The standard InChI is InChI=1S/C19H27N3O2S/c1-3-16-13(2)21-19-22(18(16)24)15(12-25-19)11-17(23)20-10-9-14-7-5-4-6-8-14/h7,15H,3-6,8-12H2,1-2H3,(H,20,23). The van der Waals surface area contributed by atoms with Gasteiger partial charge in [0.2, 0.25) is 5.91 Å². The van der Waals surface area contributed by atoms with Crippen LogP contribution >= 0.6 is 11.8 Å². The van der Waals surface area contributed by atoms with E-state index in [2.05, 4.69) is 16.4 Å². The highest BCUT2D eigenvalue weighted by Gasteiger charge is 2.28. The Bertz CT molecular complexity index is 739. The third-order valence-electron chi connectivity index (χ3n) is 5.08. The molecule has 1 aromatic rings. The molecule has 136 valence electrons. The largest absolute Gasteiger partial charge is 0.356 e. The molecule has 0 saturated heterocycles. The average molecular weight is 362 g/mol. The first-order chi connectivity index (χ1) is 12.1. The number of aromatic nitrogens is 2. The normalized spacial score (nSPS) is 19.4. The van der Waals surface area contributed by atoms with E-state index in [0.717, 1.165) is 28.6 Å². The number of fused-ring (bicyclic) bond motifs is 1. The lowest BCUT2D eigenvalue weighted by atomic mass is 9.97. The van der Waals surface area contributed by atoms with Gasteiger partial charge >= 0.3 is 0 Å². The highest BCUT2D eigenvalue weighted by atomic mass is 32.2. The molecule has 0 radical (unpaired) electrons. The maximum atomic E-state index is 12.7. The molecule has 1 aromatic heterocycles. The van der Waals surface area contributed by atoms with Gasteiger partial charge in [0.25, 0.3) is 5.56 Å². The molecule has 1 aliphatic heterocycles. The third kappa shape index (κ3) is 4.17. The summed E-state index contributed by atoms with van der Waals surface area (Å²) >= 11 is 1.57. The number of amides is 1. The first-order valence-electron chi connectivity index (χ1n) is 9.29. The summed E-state index contributed by atoms with van der Waals surface area (Å²) in [5.41, 5.74) is 3.08. The van der Waals surface area contributed by atoms with E-state index in [0.29, 0.717) is 19.4 Å². The second kappa shape index (κ2) is 8.21. The molecule has 25 heavy (non-hydrogen) atoms. The van der Waals surface area contributed by atoms with E-state index in [9.17, 15) is 9.59 Å². The second-order valence-corrected chi connectivity index (χ2v) is 7.85. The molecule has 1 N–H and O–H groups in total. The van der Waals surface area contributed by atoms with Crippen molar-refractivity contribution in [1.82, 2.24) is 14.9 Å². The van der Waals surface area contributed by atoms with Crippen LogP contribution in [0.1, 0.15) is 62.7 Å². The second-order valence-electron chi connectivity index (χ2n) is 6.86. The summed E-state index contributed by atoms with van der Waals surface area (Å²) < 4.78 is 1.74. The number of aryl methyl sites for hydroxylation is 1. The average Bonchev–Trinajstić information content (AvgIpc) is 2.98. The van der Waals surface area contributed by atoms with Crippen molar-refractivity contribution in [3.63, 3.8) is 0 Å². The maximum Gasteiger partial charge on any atom is 0.257 e. The zero-order chi connectivity index (χ0) is 17.8. The fourth-order valence-corrected chi connectivity index (χ4v) is 4.84. The van der Waals surface area contributed by atoms with Gasteiger partial charge in [0.15, 0.2) is 5.16 Å². The van der Waals surface area contributed by atoms with Crippen LogP contribution in [0.2, 0.25) is 0 Å². The molecular formula is C19H27N3O2S. The van der Waals surface area contributed by atoms with Crippen LogP contribution < -0.4 is 10.9 Å². The molecule has 2 heterocycles. The number of thioether (sulfide) groups is 1. The molecule has 5 nitrogen and oxygen atoms in total. The summed E-state index contributed by atoms with van der Waals surface area (Å²) in [6, 6.07) is -0.0835. The van der Waals surface area contributed by atoms with Gasteiger partial charge in [0.05, 0.1) is 6.04 Å². The molecule has 0 aromatic carbocycles. The van der Waals surface area contributed by atoms with E-state index in [1.165, 1.54) is 31.3 Å². The van der Waals surface area contributed by atoms with Gasteiger partial charge in [0.1, 0.15) is 0 Å². The molecule has 0 saturated carbocycles. The number of nitrogens with zero attached hydrogens (tertiary/aromatic N) is 2. The van der Waals surface area contributed by atoms with E-state index in [-0.39, 0.29) is 17.5 Å². The summed E-state index contributed by atoms with van der Waals surface area (Å²) in [7, 11) is 0. The van der Waals surface area contributed by atoms with E-state index >= 15 is 0 Å². The van der Waals surface area contributed by atoms with Gasteiger partial charge in [-0.15, -0.1) is 0 Å². The van der Waals surface area contributed by atoms with Crippen molar-refractivity contribution in [3.8, 4) is 0 Å². The summed E-state index contributed by atoms with van der Waals surface area (Å²) in [5.74, 6) is 0.772. The number of carbonyl (C=O) groups excluding carboxylic acids is 1. The number of carbonyl (C=O) groups is 1. The predicted molar refractivity (Wildman–Crippen MR) is 101 cm³/mol. The van der Waals surface area contributed by atoms with Crippen molar-refractivity contribution in [2.75, 3.05) is 12.3 Å². The Kier molecular flexibility index (Phi) is 5.99. The van der Waals surface area contributed by atoms with Crippen LogP contribution in [0, 0.1) is 6.92 Å². The molecule has 1 amide bonds.